The summed E-state index contributed by atoms with van der Waals surface area (Å²) in [5, 5.41) is 12.3. The minimum absolute atomic E-state index is 0.0406. The molecule has 3 fully saturated rings. The third-order valence-electron chi connectivity index (χ3n) is 11.6. The van der Waals surface area contributed by atoms with Gasteiger partial charge >= 0.3 is 5.97 Å². The fourth-order valence-electron chi connectivity index (χ4n) is 8.27. The van der Waals surface area contributed by atoms with Crippen molar-refractivity contribution in [1.29, 1.82) is 0 Å². The molecule has 2 N–H and O–H groups in total. The maximum absolute atomic E-state index is 14.1. The van der Waals surface area contributed by atoms with Gasteiger partial charge in [0.1, 0.15) is 0 Å². The number of piperidine rings is 2. The van der Waals surface area contributed by atoms with Crippen LogP contribution in [-0.2, 0) is 20.4 Å². The SMILES string of the molecule is COc1cc(C(=O)N2CC[C@@](CCN3CCC(C(=O)NN4CCC(C(=O)O)CC4)(c4ccccc4)CC3)(c3ccc(Cl)c(Cl)c3)C2)cc(OC)c1OC. The molecule has 11 nitrogen and oxygen atoms in total. The fraction of sp³-hybridized carbons (Fsp3) is 0.475. The lowest BCUT2D eigenvalue weighted by Gasteiger charge is -2.43. The summed E-state index contributed by atoms with van der Waals surface area (Å²) in [6.45, 7) is 4.26. The van der Waals surface area contributed by atoms with Crippen LogP contribution in [0.4, 0.5) is 0 Å². The zero-order valence-electron chi connectivity index (χ0n) is 30.5. The van der Waals surface area contributed by atoms with E-state index in [1.54, 1.807) is 12.1 Å². The van der Waals surface area contributed by atoms with Gasteiger partial charge in [0.05, 0.1) is 42.7 Å². The number of carboxylic acid groups (broad SMARTS) is 1. The number of hydrazine groups is 1. The predicted molar refractivity (Wildman–Crippen MR) is 203 cm³/mol. The van der Waals surface area contributed by atoms with Crippen molar-refractivity contribution in [3.63, 3.8) is 0 Å². The lowest BCUT2D eigenvalue weighted by atomic mass is 9.71. The summed E-state index contributed by atoms with van der Waals surface area (Å²) in [6.07, 6.45) is 3.80. The van der Waals surface area contributed by atoms with Crippen LogP contribution in [0.3, 0.4) is 0 Å². The highest BCUT2D eigenvalue weighted by Crippen LogP contribution is 2.43. The molecule has 2 amide bonds. The number of hydrogen-bond acceptors (Lipinski definition) is 8. The summed E-state index contributed by atoms with van der Waals surface area (Å²) < 4.78 is 16.5. The van der Waals surface area contributed by atoms with Gasteiger partial charge in [-0.2, -0.15) is 0 Å². The van der Waals surface area contributed by atoms with E-state index in [0.717, 1.165) is 43.6 Å². The number of ether oxygens (including phenoxy) is 3. The van der Waals surface area contributed by atoms with Crippen LogP contribution in [0.2, 0.25) is 10.0 Å². The number of carboxylic acids is 1. The normalized spacial score (nSPS) is 20.9. The highest BCUT2D eigenvalue weighted by molar-refractivity contribution is 6.42. The molecule has 3 heterocycles. The van der Waals surface area contributed by atoms with E-state index in [1.807, 2.05) is 58.4 Å². The number of aliphatic carboxylic acids is 1. The Morgan fingerprint density at radius 3 is 2.06 bits per heavy atom. The molecule has 0 aliphatic carbocycles. The van der Waals surface area contributed by atoms with E-state index in [2.05, 4.69) is 10.3 Å². The third-order valence-corrected chi connectivity index (χ3v) is 12.3. The summed E-state index contributed by atoms with van der Waals surface area (Å²) in [6, 6.07) is 19.1. The lowest BCUT2D eigenvalue weighted by molar-refractivity contribution is -0.144. The predicted octanol–water partition coefficient (Wildman–Crippen LogP) is 6.05. The Kier molecular flexibility index (Phi) is 12.1. The number of amides is 2. The van der Waals surface area contributed by atoms with Crippen molar-refractivity contribution in [3.8, 4) is 17.2 Å². The molecule has 3 saturated heterocycles. The highest BCUT2D eigenvalue weighted by atomic mass is 35.5. The quantitative estimate of drug-likeness (QED) is 0.227. The van der Waals surface area contributed by atoms with Crippen LogP contribution in [0.25, 0.3) is 0 Å². The molecule has 0 unspecified atom stereocenters. The van der Waals surface area contributed by atoms with Gasteiger partial charge in [-0.3, -0.25) is 19.8 Å². The first-order valence-electron chi connectivity index (χ1n) is 18.1. The minimum atomic E-state index is -0.777. The number of methoxy groups -OCH3 is 3. The molecule has 3 aromatic rings. The van der Waals surface area contributed by atoms with E-state index in [-0.39, 0.29) is 23.1 Å². The molecule has 1 atom stereocenters. The minimum Gasteiger partial charge on any atom is -0.493 e. The highest BCUT2D eigenvalue weighted by Gasteiger charge is 2.46. The number of nitrogens with one attached hydrogen (secondary N) is 1. The van der Waals surface area contributed by atoms with E-state index in [1.165, 1.54) is 21.3 Å². The summed E-state index contributed by atoms with van der Waals surface area (Å²) in [4.78, 5) is 43.9. The van der Waals surface area contributed by atoms with Gasteiger partial charge < -0.3 is 29.1 Å². The largest absolute Gasteiger partial charge is 0.493 e. The Hall–Kier alpha value is -4.03. The van der Waals surface area contributed by atoms with Gasteiger partial charge in [-0.25, -0.2) is 5.01 Å². The molecule has 0 radical (unpaired) electrons. The molecule has 6 rings (SSSR count). The first kappa shape index (κ1) is 38.7. The second-order valence-electron chi connectivity index (χ2n) is 14.4. The molecule has 0 aromatic heterocycles. The van der Waals surface area contributed by atoms with Crippen molar-refractivity contribution < 1.29 is 33.7 Å². The molecular formula is C40H48Cl2N4O7. The Morgan fingerprint density at radius 2 is 1.47 bits per heavy atom. The Morgan fingerprint density at radius 1 is 0.811 bits per heavy atom. The van der Waals surface area contributed by atoms with Crippen molar-refractivity contribution in [2.75, 3.05) is 67.1 Å². The van der Waals surface area contributed by atoms with E-state index in [0.29, 0.717) is 84.7 Å². The summed E-state index contributed by atoms with van der Waals surface area (Å²) >= 11 is 12.9. The van der Waals surface area contributed by atoms with Gasteiger partial charge in [-0.05, 0) is 93.6 Å². The zero-order valence-corrected chi connectivity index (χ0v) is 32.0. The standard InChI is InChI=1S/C40H48Cl2N4O7/c1-51-33-23-28(24-34(52-2)35(33)53-3)36(47)45-22-14-39(26-45,30-9-10-31(41)32(42)25-30)13-19-44-20-15-40(16-21-44,29-7-5-4-6-8-29)38(50)43-46-17-11-27(12-18-46)37(48)49/h4-10,23-25,27H,11-22,26H2,1-3H3,(H,43,50)(H,48,49)/t39-/m1/s1. The Balaban J connectivity index is 1.18. The van der Waals surface area contributed by atoms with Crippen molar-refractivity contribution in [2.45, 2.75) is 49.4 Å². The molecule has 13 heteroatoms. The topological polar surface area (TPSA) is 121 Å². The van der Waals surface area contributed by atoms with Crippen LogP contribution in [0, 0.1) is 5.92 Å². The molecule has 0 saturated carbocycles. The molecule has 3 aliphatic heterocycles. The number of carbonyl (C=O) groups is 3. The van der Waals surface area contributed by atoms with Gasteiger partial charge in [0.2, 0.25) is 11.7 Å². The van der Waals surface area contributed by atoms with Gasteiger partial charge in [-0.15, -0.1) is 0 Å². The second kappa shape index (κ2) is 16.5. The molecule has 0 spiro atoms. The first-order chi connectivity index (χ1) is 25.5. The van der Waals surface area contributed by atoms with E-state index < -0.39 is 11.4 Å². The van der Waals surface area contributed by atoms with Crippen molar-refractivity contribution in [2.24, 2.45) is 5.92 Å². The number of rotatable bonds is 12. The smallest absolute Gasteiger partial charge is 0.306 e. The fourth-order valence-corrected chi connectivity index (χ4v) is 8.56. The average molecular weight is 768 g/mol. The lowest BCUT2D eigenvalue weighted by Crippen LogP contribution is -2.57. The van der Waals surface area contributed by atoms with E-state index >= 15 is 0 Å². The van der Waals surface area contributed by atoms with Crippen LogP contribution in [-0.4, -0.2) is 105 Å². The third kappa shape index (κ3) is 8.09. The van der Waals surface area contributed by atoms with Gasteiger partial charge in [0.25, 0.3) is 5.91 Å². The van der Waals surface area contributed by atoms with Crippen molar-refractivity contribution >= 4 is 41.0 Å². The average Bonchev–Trinajstić information content (AvgIpc) is 3.63. The van der Waals surface area contributed by atoms with Crippen LogP contribution in [0.5, 0.6) is 17.2 Å². The maximum Gasteiger partial charge on any atom is 0.306 e. The van der Waals surface area contributed by atoms with Gasteiger partial charge in [0, 0.05) is 37.2 Å². The molecule has 0 bridgehead atoms. The molecule has 3 aliphatic rings. The van der Waals surface area contributed by atoms with Crippen molar-refractivity contribution in [1.82, 2.24) is 20.2 Å². The van der Waals surface area contributed by atoms with Crippen LogP contribution >= 0.6 is 23.2 Å². The monoisotopic (exact) mass is 766 g/mol. The summed E-state index contributed by atoms with van der Waals surface area (Å²) in [5.41, 5.74) is 4.55. The first-order valence-corrected chi connectivity index (χ1v) is 18.9. The zero-order chi connectivity index (χ0) is 37.8. The maximum atomic E-state index is 14.1. The Labute approximate surface area is 321 Å². The van der Waals surface area contributed by atoms with Crippen LogP contribution in [0.1, 0.15) is 60.0 Å². The number of halogens is 2. The van der Waals surface area contributed by atoms with E-state index in [4.69, 9.17) is 37.4 Å². The van der Waals surface area contributed by atoms with Crippen LogP contribution in [0.15, 0.2) is 60.7 Å². The van der Waals surface area contributed by atoms with Crippen molar-refractivity contribution in [3.05, 3.63) is 87.4 Å². The number of nitrogens with zero attached hydrogens (tertiary/aromatic N) is 3. The van der Waals surface area contributed by atoms with Gasteiger partial charge in [0.15, 0.2) is 11.5 Å². The number of hydrogen-bond donors (Lipinski definition) is 2. The second-order valence-corrected chi connectivity index (χ2v) is 15.2. The molecular weight excluding hydrogens is 719 g/mol. The summed E-state index contributed by atoms with van der Waals surface area (Å²) in [7, 11) is 4.59. The number of benzene rings is 3. The van der Waals surface area contributed by atoms with Gasteiger partial charge in [-0.1, -0.05) is 59.6 Å². The van der Waals surface area contributed by atoms with E-state index in [9.17, 15) is 19.5 Å². The molecule has 53 heavy (non-hydrogen) atoms. The number of carbonyl (C=O) groups excluding carboxylic acids is 2. The Bertz CT molecular complexity index is 1770. The molecule has 284 valence electrons. The summed E-state index contributed by atoms with van der Waals surface area (Å²) in [5.74, 6) is -0.0665. The number of likely N-dealkylation sites (tertiary alicyclic amines) is 2. The van der Waals surface area contributed by atoms with Crippen LogP contribution < -0.4 is 19.6 Å². The molecule has 3 aromatic carbocycles.